The predicted molar refractivity (Wildman–Crippen MR) is 91.3 cm³/mol. The number of pyridine rings is 1. The molecule has 132 valence electrons. The highest BCUT2D eigenvalue weighted by Crippen LogP contribution is 2.30. The zero-order valence-corrected chi connectivity index (χ0v) is 14.3. The molecule has 1 heterocycles. The monoisotopic (exact) mass is 344 g/mol. The number of carbonyl (C=O) groups excluding carboxylic acids is 1. The van der Waals surface area contributed by atoms with Crippen molar-refractivity contribution in [2.45, 2.75) is 26.3 Å². The number of hydrogen-bond acceptors (Lipinski definition) is 4. The van der Waals surface area contributed by atoms with Crippen molar-refractivity contribution >= 4 is 5.91 Å². The van der Waals surface area contributed by atoms with E-state index in [0.29, 0.717) is 29.5 Å². The summed E-state index contributed by atoms with van der Waals surface area (Å²) in [6.45, 7) is 2.63. The van der Waals surface area contributed by atoms with E-state index < -0.39 is 5.82 Å². The van der Waals surface area contributed by atoms with Crippen molar-refractivity contribution in [2.75, 3.05) is 13.7 Å². The van der Waals surface area contributed by atoms with E-state index in [2.05, 4.69) is 10.3 Å². The molecule has 1 amide bonds. The first-order valence-electron chi connectivity index (χ1n) is 8.27. The molecule has 3 rings (SSSR count). The third-order valence-electron chi connectivity index (χ3n) is 4.17. The van der Waals surface area contributed by atoms with Gasteiger partial charge in [0.05, 0.1) is 13.7 Å². The molecule has 1 aliphatic rings. The molecule has 25 heavy (non-hydrogen) atoms. The summed E-state index contributed by atoms with van der Waals surface area (Å²) in [5.41, 5.74) is 1.87. The second-order valence-corrected chi connectivity index (χ2v) is 6.21. The number of rotatable bonds is 7. The van der Waals surface area contributed by atoms with Crippen molar-refractivity contribution in [1.82, 2.24) is 10.3 Å². The Balaban J connectivity index is 1.69. The van der Waals surface area contributed by atoms with Gasteiger partial charge in [-0.3, -0.25) is 4.79 Å². The lowest BCUT2D eigenvalue weighted by Gasteiger charge is -2.13. The molecule has 2 aromatic rings. The van der Waals surface area contributed by atoms with Crippen LogP contribution in [0, 0.1) is 18.7 Å². The molecule has 0 spiro atoms. The van der Waals surface area contributed by atoms with E-state index >= 15 is 0 Å². The first-order valence-corrected chi connectivity index (χ1v) is 8.27. The maximum absolute atomic E-state index is 13.7. The number of carbonyl (C=O) groups is 1. The van der Waals surface area contributed by atoms with Crippen LogP contribution in [0.15, 0.2) is 30.5 Å². The fraction of sp³-hybridized carbons (Fsp3) is 0.368. The van der Waals surface area contributed by atoms with E-state index in [-0.39, 0.29) is 18.2 Å². The van der Waals surface area contributed by atoms with E-state index in [0.717, 1.165) is 18.4 Å². The number of methoxy groups -OCH3 is 1. The lowest BCUT2D eigenvalue weighted by Crippen LogP contribution is -2.25. The topological polar surface area (TPSA) is 60.5 Å². The van der Waals surface area contributed by atoms with Crippen molar-refractivity contribution in [3.8, 4) is 11.6 Å². The molecule has 0 saturated heterocycles. The molecule has 6 heteroatoms. The highest BCUT2D eigenvalue weighted by molar-refractivity contribution is 5.97. The lowest BCUT2D eigenvalue weighted by molar-refractivity contribution is 0.0944. The number of ether oxygens (including phenoxy) is 2. The number of nitrogens with one attached hydrogen (secondary N) is 1. The quantitative estimate of drug-likeness (QED) is 0.837. The summed E-state index contributed by atoms with van der Waals surface area (Å²) in [4.78, 5) is 16.8. The Morgan fingerprint density at radius 3 is 2.84 bits per heavy atom. The van der Waals surface area contributed by atoms with Gasteiger partial charge in [0.15, 0.2) is 11.6 Å². The molecular formula is C19H21FN2O3. The Morgan fingerprint density at radius 1 is 1.36 bits per heavy atom. The van der Waals surface area contributed by atoms with Gasteiger partial charge in [-0.15, -0.1) is 0 Å². The summed E-state index contributed by atoms with van der Waals surface area (Å²) in [6.07, 6.45) is 3.96. The van der Waals surface area contributed by atoms with Gasteiger partial charge in [0, 0.05) is 12.7 Å². The minimum absolute atomic E-state index is 0.175. The summed E-state index contributed by atoms with van der Waals surface area (Å²) in [7, 11) is 1.41. The molecule has 1 aliphatic carbocycles. The van der Waals surface area contributed by atoms with E-state index in [4.69, 9.17) is 9.47 Å². The predicted octanol–water partition coefficient (Wildman–Crippen LogP) is 3.26. The van der Waals surface area contributed by atoms with Crippen LogP contribution in [-0.2, 0) is 6.54 Å². The molecule has 1 aromatic heterocycles. The van der Waals surface area contributed by atoms with E-state index in [1.54, 1.807) is 18.3 Å². The zero-order valence-electron chi connectivity index (χ0n) is 14.3. The maximum Gasteiger partial charge on any atom is 0.257 e. The fourth-order valence-electron chi connectivity index (χ4n) is 2.49. The van der Waals surface area contributed by atoms with Crippen LogP contribution in [0.4, 0.5) is 4.39 Å². The fourth-order valence-corrected chi connectivity index (χ4v) is 2.49. The van der Waals surface area contributed by atoms with Crippen molar-refractivity contribution in [3.63, 3.8) is 0 Å². The standard InChI is InChI=1S/C19H21FN2O3/c1-12-7-8-21-19(25-11-13-3-4-13)17(12)18(23)22-10-14-5-6-16(24-2)15(20)9-14/h5-9,13H,3-4,10-11H2,1-2H3,(H,22,23). The molecule has 0 bridgehead atoms. The summed E-state index contributed by atoms with van der Waals surface area (Å²) < 4.78 is 24.3. The second-order valence-electron chi connectivity index (χ2n) is 6.21. The van der Waals surface area contributed by atoms with Crippen LogP contribution in [0.25, 0.3) is 0 Å². The molecule has 1 fully saturated rings. The molecule has 5 nitrogen and oxygen atoms in total. The van der Waals surface area contributed by atoms with E-state index in [9.17, 15) is 9.18 Å². The Hall–Kier alpha value is -2.63. The van der Waals surface area contributed by atoms with Crippen LogP contribution < -0.4 is 14.8 Å². The molecular weight excluding hydrogens is 323 g/mol. The van der Waals surface area contributed by atoms with Gasteiger partial charge in [0.25, 0.3) is 5.91 Å². The van der Waals surface area contributed by atoms with Crippen molar-refractivity contribution < 1.29 is 18.7 Å². The number of halogens is 1. The molecule has 1 aromatic carbocycles. The van der Waals surface area contributed by atoms with E-state index in [1.807, 2.05) is 6.92 Å². The van der Waals surface area contributed by atoms with Crippen molar-refractivity contribution in [1.29, 1.82) is 0 Å². The Morgan fingerprint density at radius 2 is 2.16 bits per heavy atom. The minimum Gasteiger partial charge on any atom is -0.494 e. The highest BCUT2D eigenvalue weighted by Gasteiger charge is 2.24. The maximum atomic E-state index is 13.7. The SMILES string of the molecule is COc1ccc(CNC(=O)c2c(C)ccnc2OCC2CC2)cc1F. The van der Waals surface area contributed by atoms with E-state index in [1.165, 1.54) is 19.2 Å². The molecule has 0 unspecified atom stereocenters. The van der Waals surface area contributed by atoms with Gasteiger partial charge < -0.3 is 14.8 Å². The average molecular weight is 344 g/mol. The molecule has 1 saturated carbocycles. The number of hydrogen-bond donors (Lipinski definition) is 1. The van der Waals surface area contributed by atoms with Crippen LogP contribution >= 0.6 is 0 Å². The molecule has 0 atom stereocenters. The number of aryl methyl sites for hydroxylation is 1. The molecule has 1 N–H and O–H groups in total. The molecule has 0 aliphatic heterocycles. The number of nitrogens with zero attached hydrogens (tertiary/aromatic N) is 1. The van der Waals surface area contributed by atoms with Crippen LogP contribution in [0.3, 0.4) is 0 Å². The van der Waals surface area contributed by atoms with Gasteiger partial charge in [0.1, 0.15) is 5.56 Å². The Labute approximate surface area is 146 Å². The van der Waals surface area contributed by atoms with Gasteiger partial charge >= 0.3 is 0 Å². The van der Waals surface area contributed by atoms with Gasteiger partial charge in [-0.25, -0.2) is 9.37 Å². The van der Waals surface area contributed by atoms with Crippen molar-refractivity contribution in [2.24, 2.45) is 5.92 Å². The number of amides is 1. The Kier molecular flexibility index (Phi) is 5.16. The number of benzene rings is 1. The van der Waals surface area contributed by atoms with Crippen LogP contribution in [0.1, 0.15) is 34.3 Å². The van der Waals surface area contributed by atoms with Gasteiger partial charge in [0.2, 0.25) is 5.88 Å². The summed E-state index contributed by atoms with van der Waals surface area (Å²) in [5.74, 6) is 0.354. The van der Waals surface area contributed by atoms with Crippen LogP contribution in [-0.4, -0.2) is 24.6 Å². The largest absolute Gasteiger partial charge is 0.494 e. The summed E-state index contributed by atoms with van der Waals surface area (Å²) in [6, 6.07) is 6.37. The average Bonchev–Trinajstić information content (AvgIpc) is 3.42. The number of aromatic nitrogens is 1. The Bertz CT molecular complexity index is 775. The summed E-state index contributed by atoms with van der Waals surface area (Å²) in [5, 5.41) is 2.80. The normalized spacial score (nSPS) is 13.4. The van der Waals surface area contributed by atoms with Gasteiger partial charge in [-0.2, -0.15) is 0 Å². The smallest absolute Gasteiger partial charge is 0.257 e. The second kappa shape index (κ2) is 7.51. The third kappa shape index (κ3) is 4.26. The lowest BCUT2D eigenvalue weighted by atomic mass is 10.1. The minimum atomic E-state index is -0.458. The van der Waals surface area contributed by atoms with Gasteiger partial charge in [-0.1, -0.05) is 6.07 Å². The van der Waals surface area contributed by atoms with Crippen molar-refractivity contribution in [3.05, 3.63) is 53.0 Å². The van der Waals surface area contributed by atoms with Crippen LogP contribution in [0.2, 0.25) is 0 Å². The first-order chi connectivity index (χ1) is 12.1. The highest BCUT2D eigenvalue weighted by atomic mass is 19.1. The van der Waals surface area contributed by atoms with Gasteiger partial charge in [-0.05, 0) is 55.0 Å². The first kappa shape index (κ1) is 17.2. The molecule has 0 radical (unpaired) electrons. The zero-order chi connectivity index (χ0) is 17.8. The van der Waals surface area contributed by atoms with Crippen LogP contribution in [0.5, 0.6) is 11.6 Å². The summed E-state index contributed by atoms with van der Waals surface area (Å²) >= 11 is 0. The third-order valence-corrected chi connectivity index (χ3v) is 4.17.